The summed E-state index contributed by atoms with van der Waals surface area (Å²) in [4.78, 5) is 13.2. The maximum atomic E-state index is 11.6. The number of halogens is 1. The number of anilines is 2. The third-order valence-corrected chi connectivity index (χ3v) is 5.18. The van der Waals surface area contributed by atoms with Gasteiger partial charge < -0.3 is 20.5 Å². The van der Waals surface area contributed by atoms with Crippen LogP contribution in [-0.4, -0.2) is 26.7 Å². The minimum Gasteiger partial charge on any atom is -0.492 e. The van der Waals surface area contributed by atoms with E-state index in [0.717, 1.165) is 15.8 Å². The molecule has 0 atom stereocenters. The van der Waals surface area contributed by atoms with Gasteiger partial charge in [-0.1, -0.05) is 11.6 Å². The number of hydrogen-bond donors (Lipinski definition) is 2. The quantitative estimate of drug-likeness (QED) is 0.783. The molecule has 114 valence electrons. The summed E-state index contributed by atoms with van der Waals surface area (Å²) in [5.41, 5.74) is 6.21. The summed E-state index contributed by atoms with van der Waals surface area (Å²) in [6.45, 7) is 0.688. The van der Waals surface area contributed by atoms with Gasteiger partial charge in [-0.25, -0.2) is 4.79 Å². The fraction of sp³-hybridized carbons (Fsp3) is 0.308. The number of ether oxygens (including phenoxy) is 2. The third-order valence-electron chi connectivity index (χ3n) is 2.76. The lowest BCUT2D eigenvalue weighted by molar-refractivity contribution is 0.0607. The van der Waals surface area contributed by atoms with Gasteiger partial charge in [-0.3, -0.25) is 0 Å². The van der Waals surface area contributed by atoms with Crippen LogP contribution in [-0.2, 0) is 11.2 Å². The van der Waals surface area contributed by atoms with Crippen LogP contribution in [0.2, 0.25) is 4.34 Å². The lowest BCUT2D eigenvalue weighted by Gasteiger charge is -2.06. The monoisotopic (exact) mass is 346 g/mol. The molecule has 0 spiro atoms. The van der Waals surface area contributed by atoms with Gasteiger partial charge in [0.2, 0.25) is 0 Å². The Morgan fingerprint density at radius 2 is 2.14 bits per heavy atom. The average Bonchev–Trinajstić information content (AvgIpc) is 3.02. The molecule has 2 aromatic rings. The fourth-order valence-corrected chi connectivity index (χ4v) is 3.90. The molecule has 0 aromatic carbocycles. The Hall–Kier alpha value is -1.44. The molecular weight excluding hydrogens is 332 g/mol. The van der Waals surface area contributed by atoms with Crippen LogP contribution in [0, 0.1) is 0 Å². The van der Waals surface area contributed by atoms with E-state index in [1.807, 2.05) is 12.1 Å². The predicted molar refractivity (Wildman–Crippen MR) is 88.1 cm³/mol. The van der Waals surface area contributed by atoms with Gasteiger partial charge in [-0.15, -0.1) is 22.7 Å². The van der Waals surface area contributed by atoms with Crippen LogP contribution in [0.1, 0.15) is 14.5 Å². The number of rotatable bonds is 6. The van der Waals surface area contributed by atoms with E-state index in [2.05, 4.69) is 5.32 Å². The first-order chi connectivity index (χ1) is 10.1. The lowest BCUT2D eigenvalue weighted by atomic mass is 10.3. The van der Waals surface area contributed by atoms with Gasteiger partial charge in [-0.2, -0.15) is 0 Å². The minimum absolute atomic E-state index is 0.302. The van der Waals surface area contributed by atoms with Crippen molar-refractivity contribution in [3.05, 3.63) is 26.2 Å². The number of nitrogens with two attached hydrogens (primary N) is 1. The fourth-order valence-electron chi connectivity index (χ4n) is 1.78. The molecule has 0 aliphatic carbocycles. The number of methoxy groups -OCH3 is 2. The third kappa shape index (κ3) is 3.61. The standard InChI is InChI=1S/C13H15ClN2O3S2/c1-18-10-9(15)11(13(17)19-2)21-12(10)16-6-5-7-3-4-8(14)20-7/h3-4,16H,5-6,15H2,1-2H3. The highest BCUT2D eigenvalue weighted by molar-refractivity contribution is 7.19. The predicted octanol–water partition coefficient (Wildman–Crippen LogP) is 3.50. The van der Waals surface area contributed by atoms with E-state index >= 15 is 0 Å². The van der Waals surface area contributed by atoms with E-state index in [9.17, 15) is 4.79 Å². The molecule has 8 heteroatoms. The second-order valence-electron chi connectivity index (χ2n) is 4.08. The highest BCUT2D eigenvalue weighted by Gasteiger charge is 2.22. The Kier molecular flexibility index (Phi) is 5.33. The van der Waals surface area contributed by atoms with Crippen molar-refractivity contribution in [2.24, 2.45) is 0 Å². The maximum Gasteiger partial charge on any atom is 0.350 e. The molecule has 3 N–H and O–H groups in total. The Bertz CT molecular complexity index is 639. The smallest absolute Gasteiger partial charge is 0.350 e. The molecule has 0 aliphatic rings. The van der Waals surface area contributed by atoms with Crippen molar-refractivity contribution in [2.75, 3.05) is 31.8 Å². The molecule has 2 aromatic heterocycles. The van der Waals surface area contributed by atoms with Gasteiger partial charge in [-0.05, 0) is 18.6 Å². The van der Waals surface area contributed by atoms with Gasteiger partial charge in [0, 0.05) is 11.4 Å². The molecule has 2 rings (SSSR count). The van der Waals surface area contributed by atoms with E-state index < -0.39 is 5.97 Å². The first kappa shape index (κ1) is 15.9. The van der Waals surface area contributed by atoms with Crippen LogP contribution >= 0.6 is 34.3 Å². The number of esters is 1. The van der Waals surface area contributed by atoms with Gasteiger partial charge in [0.1, 0.15) is 15.6 Å². The SMILES string of the molecule is COC(=O)c1sc(NCCc2ccc(Cl)s2)c(OC)c1N. The number of nitrogen functional groups attached to an aromatic ring is 1. The zero-order valence-corrected chi connectivity index (χ0v) is 14.0. The molecule has 2 heterocycles. The highest BCUT2D eigenvalue weighted by atomic mass is 35.5. The highest BCUT2D eigenvalue weighted by Crippen LogP contribution is 2.42. The van der Waals surface area contributed by atoms with Crippen LogP contribution in [0.25, 0.3) is 0 Å². The van der Waals surface area contributed by atoms with Crippen LogP contribution in [0.5, 0.6) is 5.75 Å². The molecule has 0 aliphatic heterocycles. The molecule has 5 nitrogen and oxygen atoms in total. The molecule has 21 heavy (non-hydrogen) atoms. The summed E-state index contributed by atoms with van der Waals surface area (Å²) >= 11 is 8.67. The molecule has 0 bridgehead atoms. The number of thiophene rings is 2. The number of carbonyl (C=O) groups is 1. The zero-order valence-electron chi connectivity index (χ0n) is 11.6. The zero-order chi connectivity index (χ0) is 15.4. The van der Waals surface area contributed by atoms with E-state index in [4.69, 9.17) is 26.8 Å². The number of carbonyl (C=O) groups excluding carboxylic acids is 1. The second-order valence-corrected chi connectivity index (χ2v) is 6.90. The number of nitrogens with one attached hydrogen (secondary N) is 1. The van der Waals surface area contributed by atoms with Crippen molar-refractivity contribution in [3.8, 4) is 5.75 Å². The van der Waals surface area contributed by atoms with Gasteiger partial charge in [0.05, 0.1) is 18.6 Å². The van der Waals surface area contributed by atoms with Crippen LogP contribution < -0.4 is 15.8 Å². The topological polar surface area (TPSA) is 73.6 Å². The Balaban J connectivity index is 2.07. The van der Waals surface area contributed by atoms with Crippen molar-refractivity contribution >= 4 is 50.9 Å². The normalized spacial score (nSPS) is 10.4. The van der Waals surface area contributed by atoms with Crippen LogP contribution in [0.3, 0.4) is 0 Å². The summed E-state index contributed by atoms with van der Waals surface area (Å²) in [6.07, 6.45) is 0.825. The molecule has 0 fully saturated rings. The summed E-state index contributed by atoms with van der Waals surface area (Å²) in [6, 6.07) is 3.87. The molecule has 0 radical (unpaired) electrons. The summed E-state index contributed by atoms with van der Waals surface area (Å²) in [7, 11) is 2.84. The summed E-state index contributed by atoms with van der Waals surface area (Å²) in [5.74, 6) is 0.0125. The molecular formula is C13H15ClN2O3S2. The molecule has 0 saturated heterocycles. The summed E-state index contributed by atoms with van der Waals surface area (Å²) in [5, 5.41) is 3.95. The Labute approximate surface area is 135 Å². The van der Waals surface area contributed by atoms with E-state index in [1.54, 1.807) is 11.3 Å². The van der Waals surface area contributed by atoms with E-state index in [1.165, 1.54) is 30.4 Å². The van der Waals surface area contributed by atoms with Crippen molar-refractivity contribution in [2.45, 2.75) is 6.42 Å². The number of hydrogen-bond acceptors (Lipinski definition) is 7. The van der Waals surface area contributed by atoms with Crippen LogP contribution in [0.4, 0.5) is 10.7 Å². The minimum atomic E-state index is -0.464. The molecule has 0 unspecified atom stereocenters. The van der Waals surface area contributed by atoms with Crippen molar-refractivity contribution < 1.29 is 14.3 Å². The second kappa shape index (κ2) is 7.02. The average molecular weight is 347 g/mol. The largest absolute Gasteiger partial charge is 0.492 e. The Morgan fingerprint density at radius 3 is 2.71 bits per heavy atom. The van der Waals surface area contributed by atoms with Gasteiger partial charge >= 0.3 is 5.97 Å². The lowest BCUT2D eigenvalue weighted by Crippen LogP contribution is -2.04. The van der Waals surface area contributed by atoms with Gasteiger partial charge in [0.25, 0.3) is 0 Å². The van der Waals surface area contributed by atoms with Crippen molar-refractivity contribution in [1.82, 2.24) is 0 Å². The van der Waals surface area contributed by atoms with Crippen molar-refractivity contribution in [3.63, 3.8) is 0 Å². The first-order valence-corrected chi connectivity index (χ1v) is 8.10. The van der Waals surface area contributed by atoms with Gasteiger partial charge in [0.15, 0.2) is 5.75 Å². The van der Waals surface area contributed by atoms with Crippen molar-refractivity contribution in [1.29, 1.82) is 0 Å². The van der Waals surface area contributed by atoms with E-state index in [0.29, 0.717) is 22.9 Å². The maximum absolute atomic E-state index is 11.6. The summed E-state index contributed by atoms with van der Waals surface area (Å²) < 4.78 is 10.7. The first-order valence-electron chi connectivity index (χ1n) is 6.09. The van der Waals surface area contributed by atoms with Crippen LogP contribution in [0.15, 0.2) is 12.1 Å². The van der Waals surface area contributed by atoms with E-state index in [-0.39, 0.29) is 0 Å². The molecule has 0 amide bonds. The Morgan fingerprint density at radius 1 is 1.38 bits per heavy atom. The molecule has 0 saturated carbocycles.